The summed E-state index contributed by atoms with van der Waals surface area (Å²) in [5.41, 5.74) is 0.784. The van der Waals surface area contributed by atoms with E-state index < -0.39 is 0 Å². The fourth-order valence-electron chi connectivity index (χ4n) is 4.96. The summed E-state index contributed by atoms with van der Waals surface area (Å²) in [7, 11) is 1.97. The summed E-state index contributed by atoms with van der Waals surface area (Å²) in [6.07, 6.45) is 3.68. The molecule has 1 N–H and O–H groups in total. The average molecular weight is 443 g/mol. The van der Waals surface area contributed by atoms with Gasteiger partial charge in [-0.25, -0.2) is 0 Å². The van der Waals surface area contributed by atoms with Gasteiger partial charge in [0.2, 0.25) is 5.91 Å². The van der Waals surface area contributed by atoms with Crippen LogP contribution >= 0.6 is 0 Å². The highest BCUT2D eigenvalue weighted by Gasteiger charge is 2.17. The van der Waals surface area contributed by atoms with Crippen molar-refractivity contribution >= 4 is 44.0 Å². The van der Waals surface area contributed by atoms with E-state index in [-0.39, 0.29) is 17.6 Å². The first-order valence-corrected chi connectivity index (χ1v) is 12.2. The van der Waals surface area contributed by atoms with E-state index in [9.17, 15) is 9.59 Å². The zero-order valence-corrected chi connectivity index (χ0v) is 20.0. The topological polar surface area (TPSA) is 49.4 Å². The summed E-state index contributed by atoms with van der Waals surface area (Å²) in [6.45, 7) is 5.96. The highest BCUT2D eigenvalue weighted by Crippen LogP contribution is 2.36. The van der Waals surface area contributed by atoms with Gasteiger partial charge >= 0.3 is 0 Å². The molecule has 4 aromatic rings. The number of amides is 1. The van der Waals surface area contributed by atoms with Crippen LogP contribution in [0.1, 0.15) is 49.9 Å². The van der Waals surface area contributed by atoms with Crippen LogP contribution in [0.15, 0.2) is 54.6 Å². The van der Waals surface area contributed by atoms with Crippen molar-refractivity contribution in [1.29, 1.82) is 0 Å². The molecular formula is C29H34N2O2. The van der Waals surface area contributed by atoms with Gasteiger partial charge in [0, 0.05) is 18.0 Å². The first kappa shape index (κ1) is 23.2. The van der Waals surface area contributed by atoms with Crippen LogP contribution in [0.3, 0.4) is 0 Å². The minimum atomic E-state index is 0.115. The van der Waals surface area contributed by atoms with Gasteiger partial charge in [-0.1, -0.05) is 74.9 Å². The summed E-state index contributed by atoms with van der Waals surface area (Å²) in [5, 5.41) is 10.1. The van der Waals surface area contributed by atoms with Crippen LogP contribution < -0.4 is 5.32 Å². The number of benzene rings is 4. The van der Waals surface area contributed by atoms with Gasteiger partial charge in [-0.2, -0.15) is 0 Å². The number of carbonyl (C=O) groups excluding carboxylic acids is 2. The van der Waals surface area contributed by atoms with Gasteiger partial charge in [0.1, 0.15) is 0 Å². The van der Waals surface area contributed by atoms with Crippen molar-refractivity contribution in [1.82, 2.24) is 10.2 Å². The maximum absolute atomic E-state index is 13.2. The number of hydrogen-bond acceptors (Lipinski definition) is 3. The molecule has 0 aromatic heterocycles. The van der Waals surface area contributed by atoms with Crippen LogP contribution in [-0.2, 0) is 4.79 Å². The SMILES string of the molecule is CCCC(CC)C(=O)NCCCN(C)CC(=O)c1ccc2ccc3cccc4ccc1c2c34. The normalized spacial score (nSPS) is 12.7. The minimum absolute atomic E-state index is 0.115. The first-order chi connectivity index (χ1) is 16.0. The molecule has 33 heavy (non-hydrogen) atoms. The summed E-state index contributed by atoms with van der Waals surface area (Å²) < 4.78 is 0. The van der Waals surface area contributed by atoms with E-state index in [1.54, 1.807) is 0 Å². The Labute approximate surface area is 196 Å². The Bertz CT molecular complexity index is 1250. The number of carbonyl (C=O) groups is 2. The van der Waals surface area contributed by atoms with Crippen LogP contribution in [0.4, 0.5) is 0 Å². The van der Waals surface area contributed by atoms with Gasteiger partial charge in [0.05, 0.1) is 6.54 Å². The number of nitrogens with zero attached hydrogens (tertiary/aromatic N) is 1. The van der Waals surface area contributed by atoms with Gasteiger partial charge in [-0.05, 0) is 65.2 Å². The molecule has 0 saturated heterocycles. The summed E-state index contributed by atoms with van der Waals surface area (Å²) >= 11 is 0. The van der Waals surface area contributed by atoms with Crippen molar-refractivity contribution in [2.45, 2.75) is 39.5 Å². The zero-order valence-electron chi connectivity index (χ0n) is 20.0. The smallest absolute Gasteiger partial charge is 0.223 e. The largest absolute Gasteiger partial charge is 0.356 e. The van der Waals surface area contributed by atoms with E-state index in [1.807, 2.05) is 13.1 Å². The molecule has 172 valence electrons. The molecule has 4 aromatic carbocycles. The van der Waals surface area contributed by atoms with E-state index in [1.165, 1.54) is 26.9 Å². The second kappa shape index (κ2) is 10.3. The Morgan fingerprint density at radius 1 is 0.909 bits per heavy atom. The van der Waals surface area contributed by atoms with E-state index in [2.05, 4.69) is 72.6 Å². The Morgan fingerprint density at radius 2 is 1.58 bits per heavy atom. The first-order valence-electron chi connectivity index (χ1n) is 12.2. The number of likely N-dealkylation sites (N-methyl/N-ethyl adjacent to an activating group) is 1. The van der Waals surface area contributed by atoms with Crippen molar-refractivity contribution in [3.05, 3.63) is 60.2 Å². The molecular weight excluding hydrogens is 408 g/mol. The monoisotopic (exact) mass is 442 g/mol. The summed E-state index contributed by atoms with van der Waals surface area (Å²) in [6, 6.07) is 18.9. The fraction of sp³-hybridized carbons (Fsp3) is 0.379. The molecule has 0 spiro atoms. The maximum Gasteiger partial charge on any atom is 0.223 e. The van der Waals surface area contributed by atoms with Crippen LogP contribution in [0, 0.1) is 5.92 Å². The Hall–Kier alpha value is -2.98. The lowest BCUT2D eigenvalue weighted by Crippen LogP contribution is -2.34. The van der Waals surface area contributed by atoms with Crippen LogP contribution in [0.5, 0.6) is 0 Å². The predicted octanol–water partition coefficient (Wildman–Crippen LogP) is 6.03. The second-order valence-corrected chi connectivity index (χ2v) is 9.17. The van der Waals surface area contributed by atoms with Gasteiger partial charge in [0.15, 0.2) is 5.78 Å². The third kappa shape index (κ3) is 4.86. The van der Waals surface area contributed by atoms with Crippen molar-refractivity contribution in [3.63, 3.8) is 0 Å². The molecule has 0 heterocycles. The highest BCUT2D eigenvalue weighted by atomic mass is 16.2. The van der Waals surface area contributed by atoms with E-state index in [0.29, 0.717) is 13.1 Å². The third-order valence-corrected chi connectivity index (χ3v) is 6.76. The number of hydrogen-bond donors (Lipinski definition) is 1. The van der Waals surface area contributed by atoms with Gasteiger partial charge < -0.3 is 5.32 Å². The Balaban J connectivity index is 1.41. The molecule has 4 nitrogen and oxygen atoms in total. The van der Waals surface area contributed by atoms with Crippen molar-refractivity contribution in [2.24, 2.45) is 5.92 Å². The fourth-order valence-corrected chi connectivity index (χ4v) is 4.96. The molecule has 1 amide bonds. The van der Waals surface area contributed by atoms with Crippen molar-refractivity contribution < 1.29 is 9.59 Å². The molecule has 0 saturated carbocycles. The van der Waals surface area contributed by atoms with E-state index >= 15 is 0 Å². The molecule has 0 fully saturated rings. The number of ketones is 1. The summed E-state index contributed by atoms with van der Waals surface area (Å²) in [4.78, 5) is 27.5. The van der Waals surface area contributed by atoms with Gasteiger partial charge in [-0.3, -0.25) is 14.5 Å². The Morgan fingerprint density at radius 3 is 2.27 bits per heavy atom. The molecule has 0 bridgehead atoms. The van der Waals surface area contributed by atoms with Crippen molar-refractivity contribution in [3.8, 4) is 0 Å². The number of nitrogens with one attached hydrogen (secondary N) is 1. The molecule has 0 aliphatic rings. The maximum atomic E-state index is 13.2. The van der Waals surface area contributed by atoms with Crippen LogP contribution in [0.25, 0.3) is 32.3 Å². The predicted molar refractivity (Wildman–Crippen MR) is 138 cm³/mol. The Kier molecular flexibility index (Phi) is 7.24. The van der Waals surface area contributed by atoms with Gasteiger partial charge in [0.25, 0.3) is 0 Å². The molecule has 1 atom stereocenters. The lowest BCUT2D eigenvalue weighted by molar-refractivity contribution is -0.125. The molecule has 1 unspecified atom stereocenters. The number of rotatable bonds is 11. The average Bonchev–Trinajstić information content (AvgIpc) is 2.83. The summed E-state index contributed by atoms with van der Waals surface area (Å²) in [5.74, 6) is 0.407. The van der Waals surface area contributed by atoms with Gasteiger partial charge in [-0.15, -0.1) is 0 Å². The molecule has 0 radical (unpaired) electrons. The van der Waals surface area contributed by atoms with Crippen LogP contribution in [-0.4, -0.2) is 43.3 Å². The van der Waals surface area contributed by atoms with Crippen LogP contribution in [0.2, 0.25) is 0 Å². The molecule has 4 rings (SSSR count). The number of Topliss-reactive ketones (excluding diaryl/α,β-unsaturated/α-hetero) is 1. The standard InChI is InChI=1S/C29H34N2O2/c1-4-8-20(5-2)29(33)30-17-7-18-31(3)19-26(32)24-15-13-23-12-11-21-9-6-10-22-14-16-25(24)28(23)27(21)22/h6,9-16,20H,4-5,7-8,17-19H2,1-3H3,(H,30,33). The molecule has 4 heteroatoms. The second-order valence-electron chi connectivity index (χ2n) is 9.17. The van der Waals surface area contributed by atoms with Crippen molar-refractivity contribution in [2.75, 3.05) is 26.7 Å². The quantitative estimate of drug-likeness (QED) is 0.175. The lowest BCUT2D eigenvalue weighted by atomic mass is 9.91. The molecule has 0 aliphatic carbocycles. The van der Waals surface area contributed by atoms with E-state index in [0.717, 1.165) is 43.2 Å². The third-order valence-electron chi connectivity index (χ3n) is 6.76. The van der Waals surface area contributed by atoms with E-state index in [4.69, 9.17) is 0 Å². The zero-order chi connectivity index (χ0) is 23.4. The lowest BCUT2D eigenvalue weighted by Gasteiger charge is -2.18. The minimum Gasteiger partial charge on any atom is -0.356 e. The highest BCUT2D eigenvalue weighted by molar-refractivity contribution is 6.26. The molecule has 0 aliphatic heterocycles.